The number of nitrogens with zero attached hydrogens (tertiary/aromatic N) is 5. The summed E-state index contributed by atoms with van der Waals surface area (Å²) in [7, 11) is 0. The molecule has 0 aliphatic rings. The third-order valence-corrected chi connectivity index (χ3v) is 10.6. The van der Waals surface area contributed by atoms with E-state index in [2.05, 4.69) is 147 Å². The molecule has 0 atom stereocenters. The molecule has 49 heavy (non-hydrogen) atoms. The van der Waals surface area contributed by atoms with Crippen molar-refractivity contribution in [2.24, 2.45) is 0 Å². The summed E-state index contributed by atoms with van der Waals surface area (Å²) < 4.78 is 7.05. The molecule has 12 aromatic rings. The van der Waals surface area contributed by atoms with Crippen LogP contribution in [-0.2, 0) is 0 Å². The maximum atomic E-state index is 5.22. The van der Waals surface area contributed by atoms with Crippen molar-refractivity contribution in [3.8, 4) is 11.5 Å². The average Bonchev–Trinajstić information content (AvgIpc) is 3.88. The molecule has 0 bridgehead atoms. The molecule has 0 unspecified atom stereocenters. The van der Waals surface area contributed by atoms with E-state index in [-0.39, 0.29) is 0 Å². The van der Waals surface area contributed by atoms with Crippen LogP contribution in [0.2, 0.25) is 0 Å². The fraction of sp³-hybridized carbons (Fsp3) is 0. The second-order valence-electron chi connectivity index (χ2n) is 13.1. The molecular weight excluding hydrogens is 599 g/mol. The molecule has 5 nitrogen and oxygen atoms in total. The highest BCUT2D eigenvalue weighted by Crippen LogP contribution is 2.47. The van der Waals surface area contributed by atoms with Crippen molar-refractivity contribution >= 4 is 92.6 Å². The van der Waals surface area contributed by atoms with E-state index in [0.717, 1.165) is 39.1 Å². The molecule has 226 valence electrons. The number of benzene rings is 6. The summed E-state index contributed by atoms with van der Waals surface area (Å²) in [5.41, 5.74) is 9.10. The van der Waals surface area contributed by atoms with Gasteiger partial charge < -0.3 is 4.40 Å². The number of aromatic nitrogens is 5. The molecule has 0 fully saturated rings. The largest absolute Gasteiger partial charge is 0.308 e. The molecule has 6 aromatic heterocycles. The van der Waals surface area contributed by atoms with Crippen molar-refractivity contribution in [3.05, 3.63) is 152 Å². The van der Waals surface area contributed by atoms with Gasteiger partial charge in [0.05, 0.1) is 45.0 Å². The van der Waals surface area contributed by atoms with Gasteiger partial charge in [0.25, 0.3) is 0 Å². The molecular formula is C44H25N5. The Balaban J connectivity index is 1.22. The lowest BCUT2D eigenvalue weighted by Gasteiger charge is -2.11. The molecule has 12 rings (SSSR count). The standard InChI is InChI=1S/C44H25N5/c1-2-11-27-23-38-34(22-26(27)10-1)41-39(24-33-30-13-4-7-17-36(30)49-37-18-8-5-14-32(37)42(41)43(33)49)48(38)40-20-19-28(25-46-40)47-35-16-6-3-12-29(35)31-15-9-21-45-44(31)47/h1-25H. The maximum absolute atomic E-state index is 5.22. The van der Waals surface area contributed by atoms with Gasteiger partial charge in [0.15, 0.2) is 0 Å². The normalized spacial score (nSPS) is 12.5. The lowest BCUT2D eigenvalue weighted by atomic mass is 10.0. The van der Waals surface area contributed by atoms with Crippen LogP contribution in [-0.4, -0.2) is 23.5 Å². The van der Waals surface area contributed by atoms with Gasteiger partial charge in [-0.3, -0.25) is 9.13 Å². The lowest BCUT2D eigenvalue weighted by Crippen LogP contribution is -2.00. The summed E-state index contributed by atoms with van der Waals surface area (Å²) in [6, 6.07) is 50.4. The molecule has 6 aromatic carbocycles. The Labute approximate surface area is 278 Å². The van der Waals surface area contributed by atoms with Gasteiger partial charge >= 0.3 is 0 Å². The topological polar surface area (TPSA) is 40.0 Å². The van der Waals surface area contributed by atoms with Gasteiger partial charge in [-0.25, -0.2) is 9.97 Å². The zero-order valence-electron chi connectivity index (χ0n) is 26.2. The first-order chi connectivity index (χ1) is 24.3. The molecule has 0 N–H and O–H groups in total. The minimum absolute atomic E-state index is 0.884. The Hall–Kier alpha value is -6.72. The molecule has 0 aliphatic heterocycles. The molecule has 0 radical (unpaired) electrons. The van der Waals surface area contributed by atoms with Crippen LogP contribution in [0.5, 0.6) is 0 Å². The van der Waals surface area contributed by atoms with E-state index in [1.54, 1.807) is 0 Å². The van der Waals surface area contributed by atoms with Crippen LogP contribution < -0.4 is 0 Å². The van der Waals surface area contributed by atoms with E-state index in [1.165, 1.54) is 65.0 Å². The van der Waals surface area contributed by atoms with Crippen LogP contribution in [0.4, 0.5) is 0 Å². The SMILES string of the molecule is c1ccc2cc3c(cc2c1)c1c2c4ccccc4n4c5ccccc5c(cc1n3-c1ccc(-n3c5ccccc5c5cccnc53)cn1)c24. The predicted molar refractivity (Wildman–Crippen MR) is 203 cm³/mol. The lowest BCUT2D eigenvalue weighted by molar-refractivity contribution is 1.05. The summed E-state index contributed by atoms with van der Waals surface area (Å²) in [5.74, 6) is 0.884. The van der Waals surface area contributed by atoms with Gasteiger partial charge in [0.2, 0.25) is 0 Å². The number of fused-ring (bicyclic) bond motifs is 14. The number of para-hydroxylation sites is 3. The number of hydrogen-bond acceptors (Lipinski definition) is 2. The summed E-state index contributed by atoms with van der Waals surface area (Å²) in [6.07, 6.45) is 3.86. The number of pyridine rings is 2. The van der Waals surface area contributed by atoms with Gasteiger partial charge in [0.1, 0.15) is 11.5 Å². The van der Waals surface area contributed by atoms with Crippen molar-refractivity contribution in [1.82, 2.24) is 23.5 Å². The highest BCUT2D eigenvalue weighted by molar-refractivity contribution is 6.36. The first kappa shape index (κ1) is 25.4. The van der Waals surface area contributed by atoms with Crippen LogP contribution in [0, 0.1) is 0 Å². The van der Waals surface area contributed by atoms with E-state index in [9.17, 15) is 0 Å². The molecule has 0 spiro atoms. The summed E-state index contributed by atoms with van der Waals surface area (Å²) in [6.45, 7) is 0. The molecule has 5 heteroatoms. The average molecular weight is 624 g/mol. The van der Waals surface area contributed by atoms with E-state index < -0.39 is 0 Å². The van der Waals surface area contributed by atoms with Gasteiger partial charge in [-0.2, -0.15) is 0 Å². The predicted octanol–water partition coefficient (Wildman–Crippen LogP) is 11.0. The highest BCUT2D eigenvalue weighted by atomic mass is 15.1. The van der Waals surface area contributed by atoms with Crippen molar-refractivity contribution in [1.29, 1.82) is 0 Å². The van der Waals surface area contributed by atoms with Gasteiger partial charge in [-0.05, 0) is 71.4 Å². The van der Waals surface area contributed by atoms with Gasteiger partial charge in [-0.15, -0.1) is 0 Å². The van der Waals surface area contributed by atoms with Crippen LogP contribution in [0.1, 0.15) is 0 Å². The van der Waals surface area contributed by atoms with E-state index in [1.807, 2.05) is 18.5 Å². The third kappa shape index (κ3) is 3.15. The van der Waals surface area contributed by atoms with E-state index in [0.29, 0.717) is 0 Å². The first-order valence-corrected chi connectivity index (χ1v) is 16.7. The quantitative estimate of drug-likeness (QED) is 0.192. The molecule has 0 saturated heterocycles. The fourth-order valence-corrected chi connectivity index (χ4v) is 8.64. The third-order valence-electron chi connectivity index (χ3n) is 10.6. The highest BCUT2D eigenvalue weighted by Gasteiger charge is 2.24. The van der Waals surface area contributed by atoms with Crippen LogP contribution >= 0.6 is 0 Å². The van der Waals surface area contributed by atoms with E-state index in [4.69, 9.17) is 9.97 Å². The second-order valence-corrected chi connectivity index (χ2v) is 13.1. The number of hydrogen-bond donors (Lipinski definition) is 0. The van der Waals surface area contributed by atoms with Gasteiger partial charge in [0, 0.05) is 49.3 Å². The minimum Gasteiger partial charge on any atom is -0.308 e. The summed E-state index contributed by atoms with van der Waals surface area (Å²) in [5, 5.41) is 12.4. The zero-order valence-corrected chi connectivity index (χ0v) is 26.2. The van der Waals surface area contributed by atoms with Crippen LogP contribution in [0.15, 0.2) is 152 Å². The van der Waals surface area contributed by atoms with Crippen molar-refractivity contribution in [2.75, 3.05) is 0 Å². The van der Waals surface area contributed by atoms with Crippen molar-refractivity contribution < 1.29 is 0 Å². The Morgan fingerprint density at radius 2 is 1.08 bits per heavy atom. The molecule has 0 aliphatic carbocycles. The van der Waals surface area contributed by atoms with Gasteiger partial charge in [-0.1, -0.05) is 78.9 Å². The monoisotopic (exact) mass is 623 g/mol. The van der Waals surface area contributed by atoms with Crippen LogP contribution in [0.25, 0.3) is 104 Å². The Kier molecular flexibility index (Phi) is 4.66. The second kappa shape index (κ2) is 9.00. The Morgan fingerprint density at radius 3 is 1.88 bits per heavy atom. The Morgan fingerprint density at radius 1 is 0.408 bits per heavy atom. The minimum atomic E-state index is 0.884. The maximum Gasteiger partial charge on any atom is 0.145 e. The van der Waals surface area contributed by atoms with E-state index >= 15 is 0 Å². The molecule has 0 saturated carbocycles. The zero-order chi connectivity index (χ0) is 31.8. The van der Waals surface area contributed by atoms with Crippen LogP contribution in [0.3, 0.4) is 0 Å². The summed E-state index contributed by atoms with van der Waals surface area (Å²) >= 11 is 0. The number of rotatable bonds is 2. The smallest absolute Gasteiger partial charge is 0.145 e. The Bertz CT molecular complexity index is 3270. The molecule has 0 amide bonds. The molecule has 6 heterocycles. The first-order valence-electron chi connectivity index (χ1n) is 16.7. The van der Waals surface area contributed by atoms with Crippen molar-refractivity contribution in [2.45, 2.75) is 0 Å². The van der Waals surface area contributed by atoms with Crippen molar-refractivity contribution in [3.63, 3.8) is 0 Å². The fourth-order valence-electron chi connectivity index (χ4n) is 8.64. The summed E-state index contributed by atoms with van der Waals surface area (Å²) in [4.78, 5) is 10.0.